The van der Waals surface area contributed by atoms with Crippen molar-refractivity contribution in [3.05, 3.63) is 51.3 Å². The van der Waals surface area contributed by atoms with Gasteiger partial charge in [0.1, 0.15) is 4.90 Å². The summed E-state index contributed by atoms with van der Waals surface area (Å²) in [7, 11) is -3.91. The lowest BCUT2D eigenvalue weighted by Crippen LogP contribution is -2.31. The Morgan fingerprint density at radius 2 is 1.93 bits per heavy atom. The third-order valence-electron chi connectivity index (χ3n) is 4.48. The molecular formula is C18H25N5O4S. The van der Waals surface area contributed by atoms with Crippen LogP contribution in [0.1, 0.15) is 37.6 Å². The number of benzene rings is 1. The summed E-state index contributed by atoms with van der Waals surface area (Å²) < 4.78 is 27.2. The lowest BCUT2D eigenvalue weighted by Gasteiger charge is -2.20. The Balaban J connectivity index is 2.52. The van der Waals surface area contributed by atoms with E-state index in [0.717, 1.165) is 22.9 Å². The first kappa shape index (κ1) is 21.6. The largest absolute Gasteiger partial charge is 0.364 e. The van der Waals surface area contributed by atoms with E-state index in [-0.39, 0.29) is 29.4 Å². The molecule has 0 aliphatic rings. The van der Waals surface area contributed by atoms with Gasteiger partial charge in [-0.1, -0.05) is 13.8 Å². The molecule has 0 atom stereocenters. The van der Waals surface area contributed by atoms with Gasteiger partial charge in [-0.3, -0.25) is 15.5 Å². The van der Waals surface area contributed by atoms with Crippen LogP contribution in [0.5, 0.6) is 0 Å². The van der Waals surface area contributed by atoms with Crippen molar-refractivity contribution < 1.29 is 13.3 Å². The maximum absolute atomic E-state index is 13.0. The van der Waals surface area contributed by atoms with Crippen molar-refractivity contribution in [1.82, 2.24) is 9.29 Å². The second kappa shape index (κ2) is 8.53. The topological polar surface area (TPSA) is 121 Å². The van der Waals surface area contributed by atoms with Crippen LogP contribution >= 0.6 is 0 Å². The van der Waals surface area contributed by atoms with Crippen molar-refractivity contribution in [2.45, 2.75) is 39.5 Å². The minimum Gasteiger partial charge on any atom is -0.364 e. The zero-order valence-corrected chi connectivity index (χ0v) is 17.4. The van der Waals surface area contributed by atoms with E-state index in [0.29, 0.717) is 5.71 Å². The normalized spacial score (nSPS) is 12.4. The molecule has 1 heterocycles. The highest BCUT2D eigenvalue weighted by atomic mass is 32.2. The fourth-order valence-electron chi connectivity index (χ4n) is 3.05. The maximum atomic E-state index is 13.0. The standard InChI is InChI=1S/C18H25N5O4S/c1-6-22(7-2)28(26,27)17-10-15(23(24)25)8-9-16(17)21-20-14(5)18-12(3)11-19-13(18)4/h8-11,19,21H,6-7H2,1-5H3/b20-14+. The highest BCUT2D eigenvalue weighted by Crippen LogP contribution is 2.29. The number of hydrazone groups is 1. The fourth-order valence-corrected chi connectivity index (χ4v) is 4.67. The van der Waals surface area contributed by atoms with Gasteiger partial charge in [-0.2, -0.15) is 9.41 Å². The molecule has 0 saturated carbocycles. The van der Waals surface area contributed by atoms with Gasteiger partial charge in [0, 0.05) is 42.7 Å². The van der Waals surface area contributed by atoms with Crippen molar-refractivity contribution in [1.29, 1.82) is 0 Å². The predicted molar refractivity (Wildman–Crippen MR) is 109 cm³/mol. The minimum absolute atomic E-state index is 0.176. The van der Waals surface area contributed by atoms with E-state index in [9.17, 15) is 18.5 Å². The second-order valence-electron chi connectivity index (χ2n) is 6.31. The number of hydrogen-bond donors (Lipinski definition) is 2. The van der Waals surface area contributed by atoms with Crippen molar-refractivity contribution in [2.75, 3.05) is 18.5 Å². The van der Waals surface area contributed by atoms with Crippen LogP contribution in [0.4, 0.5) is 11.4 Å². The molecule has 0 spiro atoms. The van der Waals surface area contributed by atoms with E-state index >= 15 is 0 Å². The van der Waals surface area contributed by atoms with Gasteiger partial charge in [0.25, 0.3) is 5.69 Å². The van der Waals surface area contributed by atoms with E-state index in [1.54, 1.807) is 20.8 Å². The Labute approximate surface area is 164 Å². The summed E-state index contributed by atoms with van der Waals surface area (Å²) in [5.74, 6) is 0. The Morgan fingerprint density at radius 1 is 1.29 bits per heavy atom. The van der Waals surface area contributed by atoms with Gasteiger partial charge in [-0.15, -0.1) is 0 Å². The van der Waals surface area contributed by atoms with Crippen LogP contribution in [0.25, 0.3) is 0 Å². The van der Waals surface area contributed by atoms with Crippen LogP contribution in [-0.4, -0.2) is 41.4 Å². The molecule has 2 N–H and O–H groups in total. The molecule has 9 nitrogen and oxygen atoms in total. The van der Waals surface area contributed by atoms with Crippen LogP contribution in [0, 0.1) is 24.0 Å². The number of H-pyrrole nitrogens is 1. The zero-order valence-electron chi connectivity index (χ0n) is 16.6. The van der Waals surface area contributed by atoms with Crippen LogP contribution < -0.4 is 5.43 Å². The van der Waals surface area contributed by atoms with E-state index in [4.69, 9.17) is 0 Å². The van der Waals surface area contributed by atoms with Crippen molar-refractivity contribution in [3.8, 4) is 0 Å². The van der Waals surface area contributed by atoms with Crippen LogP contribution in [0.15, 0.2) is 34.4 Å². The van der Waals surface area contributed by atoms with Crippen LogP contribution in [-0.2, 0) is 10.0 Å². The number of non-ortho nitro benzene ring substituents is 1. The van der Waals surface area contributed by atoms with Crippen molar-refractivity contribution in [2.24, 2.45) is 5.10 Å². The number of nitro benzene ring substituents is 1. The molecule has 2 aromatic rings. The number of hydrogen-bond acceptors (Lipinski definition) is 6. The van der Waals surface area contributed by atoms with Gasteiger partial charge in [0.05, 0.1) is 16.3 Å². The van der Waals surface area contributed by atoms with Gasteiger partial charge in [0.2, 0.25) is 10.0 Å². The molecule has 0 aliphatic carbocycles. The van der Waals surface area contributed by atoms with E-state index in [1.165, 1.54) is 16.4 Å². The van der Waals surface area contributed by atoms with Crippen LogP contribution in [0.2, 0.25) is 0 Å². The SMILES string of the molecule is CCN(CC)S(=O)(=O)c1cc([N+](=O)[O-])ccc1N/N=C(\C)c1c(C)c[nH]c1C. The molecule has 0 bridgehead atoms. The number of aromatic nitrogens is 1. The van der Waals surface area contributed by atoms with Crippen molar-refractivity contribution >= 4 is 27.1 Å². The Kier molecular flexibility index (Phi) is 6.57. The average Bonchev–Trinajstić information content (AvgIpc) is 2.98. The molecule has 1 aromatic carbocycles. The number of nitrogens with zero attached hydrogens (tertiary/aromatic N) is 3. The molecule has 152 valence electrons. The highest BCUT2D eigenvalue weighted by Gasteiger charge is 2.27. The molecule has 0 saturated heterocycles. The minimum atomic E-state index is -3.91. The summed E-state index contributed by atoms with van der Waals surface area (Å²) in [6, 6.07) is 3.68. The Bertz CT molecular complexity index is 987. The van der Waals surface area contributed by atoms with E-state index < -0.39 is 14.9 Å². The molecule has 0 aliphatic heterocycles. The second-order valence-corrected chi connectivity index (χ2v) is 8.21. The molecule has 0 fully saturated rings. The third kappa shape index (κ3) is 4.23. The Hall–Kier alpha value is -2.72. The average molecular weight is 407 g/mol. The summed E-state index contributed by atoms with van der Waals surface area (Å²) in [6.45, 7) is 9.61. The quantitative estimate of drug-likeness (QED) is 0.395. The first-order valence-corrected chi connectivity index (χ1v) is 10.3. The molecule has 0 radical (unpaired) electrons. The highest BCUT2D eigenvalue weighted by molar-refractivity contribution is 7.89. The number of nitro groups is 1. The number of anilines is 1. The number of nitrogens with one attached hydrogen (secondary N) is 2. The summed E-state index contributed by atoms with van der Waals surface area (Å²) in [6.07, 6.45) is 1.87. The molecule has 28 heavy (non-hydrogen) atoms. The zero-order chi connectivity index (χ0) is 21.1. The summed E-state index contributed by atoms with van der Waals surface area (Å²) in [5.41, 5.74) is 6.22. The summed E-state index contributed by atoms with van der Waals surface area (Å²) in [5, 5.41) is 15.5. The van der Waals surface area contributed by atoms with Gasteiger partial charge in [-0.05, 0) is 32.4 Å². The third-order valence-corrected chi connectivity index (χ3v) is 6.57. The van der Waals surface area contributed by atoms with Gasteiger partial charge >= 0.3 is 0 Å². The maximum Gasteiger partial charge on any atom is 0.270 e. The molecule has 0 amide bonds. The van der Waals surface area contributed by atoms with Gasteiger partial charge in [0.15, 0.2) is 0 Å². The molecule has 10 heteroatoms. The van der Waals surface area contributed by atoms with Crippen LogP contribution in [0.3, 0.4) is 0 Å². The number of aryl methyl sites for hydroxylation is 2. The lowest BCUT2D eigenvalue weighted by atomic mass is 10.1. The molecule has 1 aromatic heterocycles. The first-order chi connectivity index (χ1) is 13.1. The van der Waals surface area contributed by atoms with E-state index in [2.05, 4.69) is 15.5 Å². The first-order valence-electron chi connectivity index (χ1n) is 8.87. The number of sulfonamides is 1. The van der Waals surface area contributed by atoms with Gasteiger partial charge in [-0.25, -0.2) is 8.42 Å². The predicted octanol–water partition coefficient (Wildman–Crippen LogP) is 3.41. The molecule has 2 rings (SSSR count). The number of aromatic amines is 1. The van der Waals surface area contributed by atoms with Crippen molar-refractivity contribution in [3.63, 3.8) is 0 Å². The molecular weight excluding hydrogens is 382 g/mol. The molecule has 0 unspecified atom stereocenters. The Morgan fingerprint density at radius 3 is 2.43 bits per heavy atom. The fraction of sp³-hybridized carbons (Fsp3) is 0.389. The van der Waals surface area contributed by atoms with Gasteiger partial charge < -0.3 is 4.98 Å². The number of rotatable bonds is 8. The smallest absolute Gasteiger partial charge is 0.270 e. The summed E-state index contributed by atoms with van der Waals surface area (Å²) >= 11 is 0. The lowest BCUT2D eigenvalue weighted by molar-refractivity contribution is -0.385. The summed E-state index contributed by atoms with van der Waals surface area (Å²) in [4.78, 5) is 13.5. The van der Waals surface area contributed by atoms with E-state index in [1.807, 2.05) is 20.0 Å². The monoisotopic (exact) mass is 407 g/mol.